The number of hydrogen-bond acceptors (Lipinski definition) is 30. The Morgan fingerprint density at radius 1 is 0.467 bits per heavy atom. The number of amides is 18. The van der Waals surface area contributed by atoms with Crippen LogP contribution in [0.15, 0.2) is 122 Å². The number of pyridine rings is 1. The van der Waals surface area contributed by atoms with E-state index in [-0.39, 0.29) is 112 Å². The summed E-state index contributed by atoms with van der Waals surface area (Å²) in [6.07, 6.45) is -0.0519. The Bertz CT molecular complexity index is 5620. The van der Waals surface area contributed by atoms with E-state index in [0.29, 0.717) is 36.6 Å². The zero-order valence-electron chi connectivity index (χ0n) is 83.9. The van der Waals surface area contributed by atoms with Crippen molar-refractivity contribution in [3.05, 3.63) is 149 Å². The quantitative estimate of drug-likeness (QED) is 0.00990. The Morgan fingerprint density at radius 3 is 1.45 bits per heavy atom. The van der Waals surface area contributed by atoms with Crippen LogP contribution in [0.2, 0.25) is 5.02 Å². The maximum Gasteiger partial charge on any atom is 0.413 e. The van der Waals surface area contributed by atoms with E-state index in [1.54, 1.807) is 48.7 Å². The van der Waals surface area contributed by atoms with Gasteiger partial charge >= 0.3 is 18.0 Å². The molecule has 2 heterocycles. The van der Waals surface area contributed by atoms with Crippen LogP contribution in [0.5, 0.6) is 11.5 Å². The van der Waals surface area contributed by atoms with Crippen molar-refractivity contribution < 1.29 is 121 Å². The second kappa shape index (κ2) is 63.3. The van der Waals surface area contributed by atoms with E-state index in [1.165, 1.54) is 81.8 Å². The van der Waals surface area contributed by atoms with Gasteiger partial charge in [0.25, 0.3) is 0 Å². The number of aromatic nitrogens is 3. The minimum atomic E-state index is -2.17. The fourth-order valence-electron chi connectivity index (χ4n) is 14.9. The number of hydrogen-bond donors (Lipinski definition) is 28. The average molecular weight is 2120 g/mol. The van der Waals surface area contributed by atoms with E-state index in [2.05, 4.69) is 117 Å². The number of carbonyl (C=O) groups excluding carboxylic acids is 18. The molecule has 6 aromatic rings. The summed E-state index contributed by atoms with van der Waals surface area (Å²) in [6, 6.07) is 3.71. The Kier molecular flexibility index (Phi) is 51.7. The number of nitrogens with two attached hydrogens (primary N) is 5. The number of aliphatic carboxylic acids is 2. The molecule has 52 nitrogen and oxygen atoms in total. The molecule has 816 valence electrons. The monoisotopic (exact) mass is 2110 g/mol. The van der Waals surface area contributed by atoms with Crippen molar-refractivity contribution in [2.24, 2.45) is 28.7 Å². The van der Waals surface area contributed by atoms with Crippen molar-refractivity contribution in [3.63, 3.8) is 0 Å². The van der Waals surface area contributed by atoms with Crippen molar-refractivity contribution in [1.29, 1.82) is 5.41 Å². The fraction of sp³-hybridized carbons (Fsp3) is 0.474. The topological polar surface area (TPSA) is 835 Å². The predicted octanol–water partition coefficient (Wildman–Crippen LogP) is -3.76. The number of benzene rings is 4. The zero-order chi connectivity index (χ0) is 111. The van der Waals surface area contributed by atoms with E-state index in [4.69, 9.17) is 50.4 Å². The lowest BCUT2D eigenvalue weighted by Gasteiger charge is -2.27. The summed E-state index contributed by atoms with van der Waals surface area (Å²) < 4.78 is 5.39. The Balaban J connectivity index is 1.12. The first kappa shape index (κ1) is 122. The summed E-state index contributed by atoms with van der Waals surface area (Å²) in [5, 5.41) is 92.3. The number of alkyl carbamates (subject to hydrolysis) is 1. The Hall–Kier alpha value is -16.3. The van der Waals surface area contributed by atoms with Crippen molar-refractivity contribution in [1.82, 2.24) is 105 Å². The molecule has 150 heavy (non-hydrogen) atoms. The molecule has 0 radical (unpaired) electrons. The summed E-state index contributed by atoms with van der Waals surface area (Å²) >= 11 is 6.18. The minimum Gasteiger partial charge on any atom is -0.508 e. The number of unbranched alkanes of at least 4 members (excludes halogenated alkanes) is 1. The van der Waals surface area contributed by atoms with Gasteiger partial charge in [-0.25, -0.2) is 9.78 Å². The van der Waals surface area contributed by atoms with Crippen molar-refractivity contribution in [2.75, 3.05) is 51.2 Å². The third-order valence-corrected chi connectivity index (χ3v) is 23.6. The lowest BCUT2D eigenvalue weighted by atomic mass is 10.0. The number of likely N-dealkylation sites (N-methyl/N-ethyl adjacent to an activating group) is 1. The summed E-state index contributed by atoms with van der Waals surface area (Å²) in [6.45, 7) is 9.69. The van der Waals surface area contributed by atoms with Gasteiger partial charge in [-0.1, -0.05) is 73.1 Å². The molecule has 0 aliphatic carbocycles. The maximum atomic E-state index is 14.7. The van der Waals surface area contributed by atoms with Crippen LogP contribution in [0.4, 0.5) is 10.5 Å². The summed E-state index contributed by atoms with van der Waals surface area (Å²) in [7, 11) is 0. The number of rotatable bonds is 66. The van der Waals surface area contributed by atoms with Gasteiger partial charge in [-0.05, 0) is 184 Å². The van der Waals surface area contributed by atoms with Crippen LogP contribution in [0.25, 0.3) is 10.9 Å². The molecule has 0 fully saturated rings. The number of carbonyl (C=O) groups is 20. The first-order valence-electron chi connectivity index (χ1n) is 48.5. The van der Waals surface area contributed by atoms with Gasteiger partial charge in [-0.2, -0.15) is 0 Å². The van der Waals surface area contributed by atoms with E-state index in [9.17, 15) is 116 Å². The number of aromatic amines is 1. The summed E-state index contributed by atoms with van der Waals surface area (Å²) in [4.78, 5) is 284. The molecule has 33 N–H and O–H groups in total. The van der Waals surface area contributed by atoms with Crippen LogP contribution in [0.3, 0.4) is 0 Å². The van der Waals surface area contributed by atoms with Gasteiger partial charge in [-0.3, -0.25) is 107 Å². The Labute approximate surface area is 868 Å². The van der Waals surface area contributed by atoms with Gasteiger partial charge in [0.1, 0.15) is 96.6 Å². The second-order valence-electron chi connectivity index (χ2n) is 35.6. The summed E-state index contributed by atoms with van der Waals surface area (Å²) in [5.74, 6) is -21.6. The van der Waals surface area contributed by atoms with Crippen LogP contribution < -0.4 is 119 Å². The number of carboxylic acid groups (broad SMARTS) is 2. The first-order chi connectivity index (χ1) is 71.2. The number of H-pyrrole nitrogens is 1. The number of primary amides is 3. The fourth-order valence-corrected chi connectivity index (χ4v) is 15.1. The molecule has 0 aliphatic rings. The van der Waals surface area contributed by atoms with E-state index in [1.807, 2.05) is 19.1 Å². The highest BCUT2D eigenvalue weighted by Crippen LogP contribution is 2.26. The SMILES string of the molecule is CCN(CCCC(C)Nc1ccnc2cc(Cl)ccc12)CCOC(=O)NC(=N)NCCC[C@H](NC(=O)[C@H](CCCCN)NC(=O)[C@@H](N)CCC(N)=O)C(=O)N[C@@H](C)C(=O)N[C@@H](C)C(=O)N[C@@H](Cc1ccc(O)cc1)C(=O)N[C@@H](CC(=O)O)C(=O)N[C@@H](CCC(N)=O)C(=O)N[C@@H](Cc1ccc(O)cc1)C(=O)NCC(=O)N[C@@H](Cc1cnc[nH]1)C(=O)N[C@@H](C)C(=O)N[C@@H](C)C(=O)N[C@@H](Cc1ccccc1)C(=O)N[C@@H](CCC(=O)O)C(N)=O. The highest BCUT2D eigenvalue weighted by Gasteiger charge is 2.38. The van der Waals surface area contributed by atoms with E-state index in [0.717, 1.165) is 36.4 Å². The molecular weight excluding hydrogens is 1980 g/mol. The van der Waals surface area contributed by atoms with Gasteiger partial charge in [0.15, 0.2) is 5.96 Å². The van der Waals surface area contributed by atoms with E-state index < -0.39 is 254 Å². The standard InChI is InChI=1S/C97H136ClN27O25/c1-7-125(40-14-15-52(2)110-66-36-39-106-71-46-60(98)24-29-64(66)71)41-42-150-97(149)124-96(104)107-38-13-19-69(118-90(143)68(18-11-12-37-99)117-87(140)65(100)30-33-77(101)128)89(142)113-53(3)83(136)111-56(6)86(139)121-74(45-59-22-27-63(127)28-23-59)94(147)123-76(48-81(133)134)95(148)119-70(31-34-78(102)129)91(144)122-72(44-58-20-25-62(126)26-21-58)88(141)108-50-79(130)115-75(47-61-49-105-51-109-61)92(145)114-54(4)84(137)112-55(5)85(138)120-73(43-57-16-9-8-10-17-57)93(146)116-67(82(103)135)32-35-80(131)132/h8-10,16-17,20-29,36,39,46,49,51-56,65,67-70,72-76,126-127H,7,11-15,18-19,30-35,37-38,40-45,47-48,50,99-100H2,1-6H3,(H2,101,128)(H2,102,129)(H2,103,135)(H,105,109)(H,106,110)(H,108,141)(H,111,136)(H,112,137)(H,113,142)(H,114,145)(H,115,130)(H,116,146)(H,117,140)(H,118,143)(H,119,148)(H,120,138)(H,121,139)(H,122,144)(H,123,147)(H,131,132)(H,133,134)(H3,104,107,124,149)/t52?,53-,54-,55-,56-,65-,67-,68-,69-,70-,72-,73-,74-,75-,76-/m0/s1. The number of halogens is 1. The second-order valence-corrected chi connectivity index (χ2v) is 36.1. The first-order valence-corrected chi connectivity index (χ1v) is 48.9. The molecule has 2 aromatic heterocycles. The number of ether oxygens (including phenoxy) is 1. The molecule has 0 bridgehead atoms. The van der Waals surface area contributed by atoms with Crippen LogP contribution >= 0.6 is 11.6 Å². The molecule has 0 spiro atoms. The average Bonchev–Trinajstić information content (AvgIpc) is 1.01. The number of aromatic hydroxyl groups is 2. The van der Waals surface area contributed by atoms with Crippen LogP contribution in [-0.4, -0.2) is 301 Å². The third-order valence-electron chi connectivity index (χ3n) is 23.4. The third kappa shape index (κ3) is 45.0. The smallest absolute Gasteiger partial charge is 0.413 e. The molecule has 18 amide bonds. The molecule has 1 unspecified atom stereocenters. The largest absolute Gasteiger partial charge is 0.508 e. The molecule has 0 aliphatic heterocycles. The van der Waals surface area contributed by atoms with Crippen molar-refractivity contribution in [2.45, 2.75) is 248 Å². The predicted molar refractivity (Wildman–Crippen MR) is 544 cm³/mol. The molecule has 6 rings (SSSR count). The zero-order valence-corrected chi connectivity index (χ0v) is 84.6. The number of anilines is 1. The minimum absolute atomic E-state index is 0.0249. The van der Waals surface area contributed by atoms with Crippen LogP contribution in [0.1, 0.15) is 154 Å². The maximum absolute atomic E-state index is 14.7. The molecule has 53 heteroatoms. The molecule has 0 saturated carbocycles. The van der Waals surface area contributed by atoms with Gasteiger partial charge in [0.2, 0.25) is 100 Å². The molecule has 15 atom stereocenters. The van der Waals surface area contributed by atoms with Crippen LogP contribution in [-0.2, 0) is 122 Å². The van der Waals surface area contributed by atoms with Gasteiger partial charge in [0.05, 0.1) is 30.9 Å². The molecule has 4 aromatic carbocycles. The number of nitrogens with one attached hydrogen (secondary N) is 19. The van der Waals surface area contributed by atoms with Crippen molar-refractivity contribution in [3.8, 4) is 11.5 Å². The number of fused-ring (bicyclic) bond motifs is 1. The molecular formula is C97H136ClN27O25. The van der Waals surface area contributed by atoms with Crippen molar-refractivity contribution >= 4 is 153 Å². The van der Waals surface area contributed by atoms with Gasteiger partial charge in [-0.15, -0.1) is 0 Å². The number of phenolic OH excluding ortho intramolecular Hbond substituents is 2. The normalized spacial score (nSPS) is 14.0. The number of guanidine groups is 1. The highest BCUT2D eigenvalue weighted by molar-refractivity contribution is 6.31. The number of carboxylic acids is 2. The number of nitrogens with zero attached hydrogens (tertiary/aromatic N) is 3. The van der Waals surface area contributed by atoms with E-state index >= 15 is 0 Å². The number of imidazole rings is 1. The highest BCUT2D eigenvalue weighted by atomic mass is 35.5. The molecule has 0 saturated heterocycles. The van der Waals surface area contributed by atoms with Crippen LogP contribution in [0, 0.1) is 5.41 Å². The Morgan fingerprint density at radius 2 is 0.927 bits per heavy atom. The van der Waals surface area contributed by atoms with Gasteiger partial charge in [0, 0.05) is 98.3 Å². The summed E-state index contributed by atoms with van der Waals surface area (Å²) in [5.41, 5.74) is 31.0. The lowest BCUT2D eigenvalue weighted by Crippen LogP contribution is -2.60. The van der Waals surface area contributed by atoms with Gasteiger partial charge < -0.3 is 149 Å². The lowest BCUT2D eigenvalue weighted by molar-refractivity contribution is -0.141. The number of phenols is 2.